The van der Waals surface area contributed by atoms with Gasteiger partial charge in [-0.2, -0.15) is 0 Å². The number of fused-ring (bicyclic) bond motifs is 2. The Morgan fingerprint density at radius 1 is 0.971 bits per heavy atom. The van der Waals surface area contributed by atoms with Crippen LogP contribution in [0.4, 0.5) is 16.2 Å². The summed E-state index contributed by atoms with van der Waals surface area (Å²) in [6.07, 6.45) is 1.95. The number of carbonyl (C=O) groups excluding carboxylic acids is 4. The van der Waals surface area contributed by atoms with Gasteiger partial charge in [0.2, 0.25) is 18.7 Å². The number of ether oxygens (including phenoxy) is 1. The third-order valence-corrected chi connectivity index (χ3v) is 5.93. The van der Waals surface area contributed by atoms with E-state index in [0.29, 0.717) is 37.0 Å². The number of carbonyl (C=O) groups is 4. The maximum atomic E-state index is 13.6. The molecule has 4 amide bonds. The van der Waals surface area contributed by atoms with E-state index in [4.69, 9.17) is 10.6 Å². The third-order valence-electron chi connectivity index (χ3n) is 5.93. The molecule has 186 valence electrons. The lowest BCUT2D eigenvalue weighted by Gasteiger charge is -2.35. The van der Waals surface area contributed by atoms with Crippen LogP contribution in [0.5, 0.6) is 0 Å². The number of alkyl carbamates (subject to hydrolysis) is 1. The summed E-state index contributed by atoms with van der Waals surface area (Å²) in [6, 6.07) is 10.7. The molecule has 10 nitrogen and oxygen atoms in total. The van der Waals surface area contributed by atoms with Gasteiger partial charge in [0.25, 0.3) is 0 Å². The summed E-state index contributed by atoms with van der Waals surface area (Å²) in [6.45, 7) is 5.43. The molecule has 10 heteroatoms. The average Bonchev–Trinajstić information content (AvgIpc) is 2.93. The van der Waals surface area contributed by atoms with E-state index in [1.54, 1.807) is 45.0 Å². The average molecular weight is 482 g/mol. The van der Waals surface area contributed by atoms with Crippen LogP contribution in [-0.2, 0) is 37.4 Å². The normalized spacial score (nSPS) is 13.8. The van der Waals surface area contributed by atoms with Gasteiger partial charge in [0.05, 0.1) is 0 Å². The maximum Gasteiger partial charge on any atom is 0.407 e. The molecular weight excluding hydrogens is 450 g/mol. The fraction of sp³-hybridized carbons (Fsp3) is 0.360. The van der Waals surface area contributed by atoms with E-state index in [0.717, 1.165) is 22.3 Å². The largest absolute Gasteiger partial charge is 0.444 e. The smallest absolute Gasteiger partial charge is 0.407 e. The van der Waals surface area contributed by atoms with Gasteiger partial charge >= 0.3 is 6.09 Å². The summed E-state index contributed by atoms with van der Waals surface area (Å²) < 4.78 is 5.34. The van der Waals surface area contributed by atoms with Crippen LogP contribution in [0.3, 0.4) is 0 Å². The van der Waals surface area contributed by atoms with Gasteiger partial charge in [0, 0.05) is 17.9 Å². The molecule has 0 bridgehead atoms. The number of nitrogens with two attached hydrogens (primary N) is 1. The van der Waals surface area contributed by atoms with Crippen molar-refractivity contribution in [2.24, 2.45) is 5.84 Å². The van der Waals surface area contributed by atoms with Crippen LogP contribution in [0.2, 0.25) is 0 Å². The van der Waals surface area contributed by atoms with Crippen molar-refractivity contribution in [3.05, 3.63) is 58.7 Å². The fourth-order valence-electron chi connectivity index (χ4n) is 4.58. The molecule has 0 radical (unpaired) electrons. The summed E-state index contributed by atoms with van der Waals surface area (Å²) in [7, 11) is 0. The number of rotatable bonds is 8. The highest BCUT2D eigenvalue weighted by Crippen LogP contribution is 2.43. The number of amides is 4. The molecule has 0 unspecified atom stereocenters. The number of aryl methyl sites for hydroxylation is 2. The molecule has 1 aliphatic carbocycles. The highest BCUT2D eigenvalue weighted by molar-refractivity contribution is 5.93. The zero-order valence-electron chi connectivity index (χ0n) is 20.1. The molecule has 0 aliphatic heterocycles. The summed E-state index contributed by atoms with van der Waals surface area (Å²) in [5.74, 6) is 5.25. The van der Waals surface area contributed by atoms with Crippen LogP contribution in [0.1, 0.15) is 49.4 Å². The topological polar surface area (TPSA) is 152 Å². The third kappa shape index (κ3) is 5.60. The Balaban J connectivity index is 2.12. The summed E-state index contributed by atoms with van der Waals surface area (Å²) >= 11 is 0. The minimum absolute atomic E-state index is 0.129. The number of nitrogens with one attached hydrogen (secondary N) is 4. The molecule has 2 aromatic rings. The van der Waals surface area contributed by atoms with E-state index in [-0.39, 0.29) is 13.0 Å². The Morgan fingerprint density at radius 3 is 1.91 bits per heavy atom. The second kappa shape index (κ2) is 10.6. The van der Waals surface area contributed by atoms with Crippen molar-refractivity contribution < 1.29 is 23.9 Å². The van der Waals surface area contributed by atoms with Gasteiger partial charge in [0.1, 0.15) is 11.0 Å². The second-order valence-corrected chi connectivity index (χ2v) is 9.33. The molecular formula is C25H31N5O5. The number of hydrogen-bond acceptors (Lipinski definition) is 6. The predicted octanol–water partition coefficient (Wildman–Crippen LogP) is 2.11. The second-order valence-electron chi connectivity index (χ2n) is 9.33. The van der Waals surface area contributed by atoms with E-state index in [1.807, 2.05) is 12.1 Å². The Hall–Kier alpha value is -3.92. The molecule has 0 heterocycles. The molecule has 35 heavy (non-hydrogen) atoms. The monoisotopic (exact) mass is 481 g/mol. The maximum absolute atomic E-state index is 13.6. The molecule has 0 aromatic heterocycles. The van der Waals surface area contributed by atoms with Crippen LogP contribution in [0, 0.1) is 0 Å². The molecule has 2 aromatic carbocycles. The van der Waals surface area contributed by atoms with Crippen molar-refractivity contribution in [1.29, 1.82) is 0 Å². The zero-order chi connectivity index (χ0) is 25.6. The molecule has 3 rings (SSSR count). The van der Waals surface area contributed by atoms with Crippen molar-refractivity contribution in [2.75, 3.05) is 17.2 Å². The lowest BCUT2D eigenvalue weighted by molar-refractivity contribution is -0.125. The van der Waals surface area contributed by atoms with Gasteiger partial charge in [0.15, 0.2) is 0 Å². The zero-order valence-corrected chi connectivity index (χ0v) is 20.1. The minimum atomic E-state index is -1.25. The number of benzene rings is 2. The first-order chi connectivity index (χ1) is 16.6. The Labute approximate surface area is 203 Å². The lowest BCUT2D eigenvalue weighted by Crippen LogP contribution is -2.50. The first-order valence-corrected chi connectivity index (χ1v) is 11.3. The number of hydrazine groups is 1. The number of anilines is 2. The molecule has 1 aliphatic rings. The summed E-state index contributed by atoms with van der Waals surface area (Å²) in [5.41, 5.74) is 4.76. The van der Waals surface area contributed by atoms with Crippen LogP contribution >= 0.6 is 0 Å². The van der Waals surface area contributed by atoms with Crippen molar-refractivity contribution in [1.82, 2.24) is 10.7 Å². The Morgan fingerprint density at radius 2 is 1.49 bits per heavy atom. The molecule has 0 saturated heterocycles. The SMILES string of the molecule is CC(C)(C)OC(=O)NCCC1(C(=O)NN)c2ccc(NC=O)cc2CCc2cc(NC=O)ccc21. The molecule has 0 fully saturated rings. The van der Waals surface area contributed by atoms with E-state index >= 15 is 0 Å². The van der Waals surface area contributed by atoms with Crippen LogP contribution < -0.4 is 27.2 Å². The highest BCUT2D eigenvalue weighted by Gasteiger charge is 2.45. The van der Waals surface area contributed by atoms with Gasteiger partial charge in [-0.25, -0.2) is 10.6 Å². The standard InChI is InChI=1S/C25H31N5O5/c1-24(2,3)35-23(34)27-11-10-25(22(33)30-26)20-8-6-18(28-14-31)12-16(20)4-5-17-13-19(29-15-32)7-9-21(17)25/h6-9,12-15H,4-5,10-11,26H2,1-3H3,(H,27,34)(H,28,31)(H,29,32)(H,30,33). The Kier molecular flexibility index (Phi) is 7.75. The first kappa shape index (κ1) is 25.7. The van der Waals surface area contributed by atoms with E-state index in [1.165, 1.54) is 0 Å². The van der Waals surface area contributed by atoms with E-state index in [2.05, 4.69) is 21.4 Å². The predicted molar refractivity (Wildman–Crippen MR) is 132 cm³/mol. The van der Waals surface area contributed by atoms with Gasteiger partial charge in [-0.15, -0.1) is 0 Å². The first-order valence-electron chi connectivity index (χ1n) is 11.3. The number of hydrogen-bond donors (Lipinski definition) is 5. The van der Waals surface area contributed by atoms with Crippen LogP contribution in [-0.4, -0.2) is 37.0 Å². The summed E-state index contributed by atoms with van der Waals surface area (Å²) in [4.78, 5) is 47.9. The lowest BCUT2D eigenvalue weighted by atomic mass is 9.69. The van der Waals surface area contributed by atoms with Gasteiger partial charge in [-0.3, -0.25) is 19.8 Å². The van der Waals surface area contributed by atoms with Crippen molar-refractivity contribution in [2.45, 2.75) is 51.0 Å². The minimum Gasteiger partial charge on any atom is -0.444 e. The van der Waals surface area contributed by atoms with Gasteiger partial charge < -0.3 is 20.7 Å². The van der Waals surface area contributed by atoms with Crippen molar-refractivity contribution in [3.8, 4) is 0 Å². The molecule has 0 spiro atoms. The molecule has 0 saturated carbocycles. The fourth-order valence-corrected chi connectivity index (χ4v) is 4.58. The van der Waals surface area contributed by atoms with Gasteiger partial charge in [-0.1, -0.05) is 12.1 Å². The van der Waals surface area contributed by atoms with Crippen LogP contribution in [0.25, 0.3) is 0 Å². The molecule has 6 N–H and O–H groups in total. The quantitative estimate of drug-likeness (QED) is 0.169. The molecule has 0 atom stereocenters. The van der Waals surface area contributed by atoms with Gasteiger partial charge in [-0.05, 0) is 86.6 Å². The van der Waals surface area contributed by atoms with Crippen molar-refractivity contribution >= 4 is 36.2 Å². The highest BCUT2D eigenvalue weighted by atomic mass is 16.6. The van der Waals surface area contributed by atoms with Crippen molar-refractivity contribution in [3.63, 3.8) is 0 Å². The van der Waals surface area contributed by atoms with Crippen LogP contribution in [0.15, 0.2) is 36.4 Å². The van der Waals surface area contributed by atoms with E-state index < -0.39 is 23.0 Å². The Bertz CT molecular complexity index is 1060. The summed E-state index contributed by atoms with van der Waals surface area (Å²) in [5, 5.41) is 8.03. The van der Waals surface area contributed by atoms with E-state index in [9.17, 15) is 19.2 Å².